The van der Waals surface area contributed by atoms with Crippen molar-refractivity contribution in [1.82, 2.24) is 4.90 Å². The Labute approximate surface area is 106 Å². The molecule has 0 aliphatic carbocycles. The van der Waals surface area contributed by atoms with Gasteiger partial charge in [0, 0.05) is 12.3 Å². The Morgan fingerprint density at radius 2 is 1.82 bits per heavy atom. The molecule has 0 aliphatic rings. The van der Waals surface area contributed by atoms with Gasteiger partial charge in [-0.2, -0.15) is 0 Å². The van der Waals surface area contributed by atoms with Crippen LogP contribution in [0.15, 0.2) is 0 Å². The molecule has 100 valence electrons. The van der Waals surface area contributed by atoms with Crippen molar-refractivity contribution >= 4 is 12.6 Å². The van der Waals surface area contributed by atoms with E-state index in [1.807, 2.05) is 0 Å². The Balaban J connectivity index is 3.55. The Hall–Kier alpha value is -0.700. The van der Waals surface area contributed by atoms with Crippen molar-refractivity contribution in [3.8, 4) is 0 Å². The summed E-state index contributed by atoms with van der Waals surface area (Å²) >= 11 is 0. The molecule has 0 spiro atoms. The molecule has 0 aromatic rings. The van der Waals surface area contributed by atoms with E-state index >= 15 is 0 Å². The van der Waals surface area contributed by atoms with E-state index in [4.69, 9.17) is 0 Å². The normalized spacial score (nSPS) is 12.6. The van der Waals surface area contributed by atoms with Crippen LogP contribution in [0.5, 0.6) is 0 Å². The zero-order valence-corrected chi connectivity index (χ0v) is 11.4. The van der Waals surface area contributed by atoms with Crippen molar-refractivity contribution < 1.29 is 9.59 Å². The molecule has 0 saturated heterocycles. The molecule has 0 aromatic heterocycles. The maximum atomic E-state index is 10.9. The summed E-state index contributed by atoms with van der Waals surface area (Å²) in [6.45, 7) is 4.28. The molecule has 0 N–H and O–H groups in total. The smallest absolute Gasteiger partial charge is 0.123 e. The first-order chi connectivity index (χ1) is 8.24. The number of unbranched alkanes of at least 4 members (excludes halogenated alkanes) is 3. The van der Waals surface area contributed by atoms with Crippen LogP contribution in [-0.4, -0.2) is 37.6 Å². The third-order valence-electron chi connectivity index (χ3n) is 3.08. The zero-order chi connectivity index (χ0) is 12.9. The summed E-state index contributed by atoms with van der Waals surface area (Å²) in [6, 6.07) is 0. The summed E-state index contributed by atoms with van der Waals surface area (Å²) in [7, 11) is 2.11. The second kappa shape index (κ2) is 11.8. The second-order valence-corrected chi connectivity index (χ2v) is 4.79. The van der Waals surface area contributed by atoms with Crippen molar-refractivity contribution in [1.29, 1.82) is 0 Å². The van der Waals surface area contributed by atoms with Crippen molar-refractivity contribution in [3.63, 3.8) is 0 Å². The van der Waals surface area contributed by atoms with Crippen molar-refractivity contribution in [2.75, 3.05) is 20.1 Å². The summed E-state index contributed by atoms with van der Waals surface area (Å²) in [5.41, 5.74) is 0. The minimum absolute atomic E-state index is 0.200. The molecule has 1 unspecified atom stereocenters. The summed E-state index contributed by atoms with van der Waals surface area (Å²) in [4.78, 5) is 23.3. The largest absolute Gasteiger partial charge is 0.306 e. The molecule has 0 aromatic carbocycles. The first kappa shape index (κ1) is 16.3. The fourth-order valence-electron chi connectivity index (χ4n) is 1.97. The molecule has 0 saturated carbocycles. The highest BCUT2D eigenvalue weighted by Crippen LogP contribution is 2.12. The lowest BCUT2D eigenvalue weighted by Gasteiger charge is -2.17. The van der Waals surface area contributed by atoms with Crippen LogP contribution in [0.4, 0.5) is 0 Å². The standard InChI is InChI=1S/C14H27NO2/c1-3-10-15(2)11-9-14(13-17)8-6-4-5-7-12-16/h12-14H,3-11H2,1-2H3. The summed E-state index contributed by atoms with van der Waals surface area (Å²) in [6.07, 6.45) is 8.92. The first-order valence-corrected chi connectivity index (χ1v) is 6.82. The predicted octanol–water partition coefficient (Wildman–Crippen LogP) is 2.68. The molecular weight excluding hydrogens is 214 g/mol. The number of hydrogen-bond acceptors (Lipinski definition) is 3. The van der Waals surface area contributed by atoms with Crippen molar-refractivity contribution in [2.24, 2.45) is 5.92 Å². The van der Waals surface area contributed by atoms with Gasteiger partial charge in [0.15, 0.2) is 0 Å². The fraction of sp³-hybridized carbons (Fsp3) is 0.857. The highest BCUT2D eigenvalue weighted by atomic mass is 16.1. The van der Waals surface area contributed by atoms with E-state index in [0.29, 0.717) is 6.42 Å². The summed E-state index contributed by atoms with van der Waals surface area (Å²) in [5.74, 6) is 0.200. The fourth-order valence-corrected chi connectivity index (χ4v) is 1.97. The Kier molecular flexibility index (Phi) is 11.3. The third kappa shape index (κ3) is 10.2. The van der Waals surface area contributed by atoms with Gasteiger partial charge in [0.05, 0.1) is 0 Å². The van der Waals surface area contributed by atoms with Crippen LogP contribution in [0.1, 0.15) is 51.9 Å². The molecule has 0 radical (unpaired) electrons. The SMILES string of the molecule is CCCN(C)CCC(C=O)CCCCCC=O. The van der Waals surface area contributed by atoms with Gasteiger partial charge >= 0.3 is 0 Å². The van der Waals surface area contributed by atoms with E-state index in [1.165, 1.54) is 0 Å². The molecule has 0 aliphatic heterocycles. The molecular formula is C14H27NO2. The molecule has 0 bridgehead atoms. The van der Waals surface area contributed by atoms with Gasteiger partial charge in [-0.3, -0.25) is 0 Å². The van der Waals surface area contributed by atoms with Crippen molar-refractivity contribution in [2.45, 2.75) is 51.9 Å². The monoisotopic (exact) mass is 241 g/mol. The molecule has 0 rings (SSSR count). The van der Waals surface area contributed by atoms with Crippen molar-refractivity contribution in [3.05, 3.63) is 0 Å². The van der Waals surface area contributed by atoms with Gasteiger partial charge in [0.1, 0.15) is 12.6 Å². The molecule has 3 heteroatoms. The topological polar surface area (TPSA) is 37.4 Å². The number of rotatable bonds is 12. The van der Waals surface area contributed by atoms with Gasteiger partial charge in [-0.1, -0.05) is 19.8 Å². The van der Waals surface area contributed by atoms with Gasteiger partial charge in [-0.15, -0.1) is 0 Å². The van der Waals surface area contributed by atoms with E-state index in [-0.39, 0.29) is 5.92 Å². The quantitative estimate of drug-likeness (QED) is 0.389. The third-order valence-corrected chi connectivity index (χ3v) is 3.08. The van der Waals surface area contributed by atoms with Crippen LogP contribution in [0.25, 0.3) is 0 Å². The van der Waals surface area contributed by atoms with E-state index in [2.05, 4.69) is 18.9 Å². The lowest BCUT2D eigenvalue weighted by Crippen LogP contribution is -2.22. The van der Waals surface area contributed by atoms with E-state index in [0.717, 1.165) is 64.2 Å². The molecule has 17 heavy (non-hydrogen) atoms. The second-order valence-electron chi connectivity index (χ2n) is 4.79. The number of nitrogens with zero attached hydrogens (tertiary/aromatic N) is 1. The lowest BCUT2D eigenvalue weighted by atomic mass is 9.98. The highest BCUT2D eigenvalue weighted by molar-refractivity contribution is 5.53. The van der Waals surface area contributed by atoms with E-state index in [9.17, 15) is 9.59 Å². The number of carbonyl (C=O) groups is 2. The average molecular weight is 241 g/mol. The average Bonchev–Trinajstić information content (AvgIpc) is 2.33. The molecule has 1 atom stereocenters. The number of carbonyl (C=O) groups excluding carboxylic acids is 2. The Morgan fingerprint density at radius 3 is 2.41 bits per heavy atom. The minimum Gasteiger partial charge on any atom is -0.306 e. The van der Waals surface area contributed by atoms with Crippen LogP contribution in [0, 0.1) is 5.92 Å². The first-order valence-electron chi connectivity index (χ1n) is 6.82. The lowest BCUT2D eigenvalue weighted by molar-refractivity contribution is -0.111. The van der Waals surface area contributed by atoms with Crippen LogP contribution in [0.3, 0.4) is 0 Å². The van der Waals surface area contributed by atoms with E-state index in [1.54, 1.807) is 0 Å². The van der Waals surface area contributed by atoms with E-state index < -0.39 is 0 Å². The van der Waals surface area contributed by atoms with Gasteiger partial charge in [-0.25, -0.2) is 0 Å². The minimum atomic E-state index is 0.200. The molecule has 0 heterocycles. The Bertz CT molecular complexity index is 195. The number of hydrogen-bond donors (Lipinski definition) is 0. The maximum absolute atomic E-state index is 10.9. The number of aldehydes is 2. The predicted molar refractivity (Wildman–Crippen MR) is 71.1 cm³/mol. The van der Waals surface area contributed by atoms with Crippen LogP contribution in [-0.2, 0) is 9.59 Å². The molecule has 0 fully saturated rings. The van der Waals surface area contributed by atoms with Crippen LogP contribution in [0.2, 0.25) is 0 Å². The molecule has 0 amide bonds. The van der Waals surface area contributed by atoms with Crippen LogP contribution < -0.4 is 0 Å². The molecule has 3 nitrogen and oxygen atoms in total. The van der Waals surface area contributed by atoms with Gasteiger partial charge < -0.3 is 14.5 Å². The van der Waals surface area contributed by atoms with Gasteiger partial charge in [0.25, 0.3) is 0 Å². The summed E-state index contributed by atoms with van der Waals surface area (Å²) < 4.78 is 0. The highest BCUT2D eigenvalue weighted by Gasteiger charge is 2.08. The van der Waals surface area contributed by atoms with Gasteiger partial charge in [0.2, 0.25) is 0 Å². The van der Waals surface area contributed by atoms with Crippen LogP contribution >= 0.6 is 0 Å². The Morgan fingerprint density at radius 1 is 1.06 bits per heavy atom. The summed E-state index contributed by atoms with van der Waals surface area (Å²) in [5, 5.41) is 0. The zero-order valence-electron chi connectivity index (χ0n) is 11.4. The maximum Gasteiger partial charge on any atom is 0.123 e. The van der Waals surface area contributed by atoms with Gasteiger partial charge in [-0.05, 0) is 45.8 Å².